The molecule has 0 radical (unpaired) electrons. The Bertz CT molecular complexity index is 1590. The molecule has 0 atom stereocenters. The molecule has 13 heteroatoms. The van der Waals surface area contributed by atoms with Crippen LogP contribution in [0.3, 0.4) is 0 Å². The quantitative estimate of drug-likeness (QED) is 0.145. The van der Waals surface area contributed by atoms with Crippen molar-refractivity contribution in [3.05, 3.63) is 64.7 Å². The second-order valence-electron chi connectivity index (χ2n) is 8.96. The maximum Gasteiger partial charge on any atom is 0.369 e. The van der Waals surface area contributed by atoms with Crippen molar-refractivity contribution >= 4 is 66.5 Å². The minimum atomic E-state index is -0.522. The van der Waals surface area contributed by atoms with E-state index in [1.165, 1.54) is 17.8 Å². The SMILES string of the molecule is CCOC(=O)c1nnc(N=Nc2ccc(N=Nc3ccc(N=Nc4ccc(N5CCCC5)s4)cc3C)cc2C)s1. The molecule has 1 aliphatic rings. The van der Waals surface area contributed by atoms with Crippen LogP contribution in [0.1, 0.15) is 40.7 Å². The Labute approximate surface area is 239 Å². The predicted molar refractivity (Wildman–Crippen MR) is 157 cm³/mol. The third-order valence-electron chi connectivity index (χ3n) is 6.00. The second kappa shape index (κ2) is 12.7. The van der Waals surface area contributed by atoms with Gasteiger partial charge in [0.1, 0.15) is 5.00 Å². The molecule has 1 aliphatic heterocycles. The zero-order valence-corrected chi connectivity index (χ0v) is 23.9. The summed E-state index contributed by atoms with van der Waals surface area (Å²) in [5, 5.41) is 36.2. The summed E-state index contributed by atoms with van der Waals surface area (Å²) in [6.45, 7) is 8.11. The molecule has 5 rings (SSSR count). The fourth-order valence-electron chi connectivity index (χ4n) is 3.95. The number of carbonyl (C=O) groups excluding carboxylic acids is 1. The van der Waals surface area contributed by atoms with Gasteiger partial charge in [-0.3, -0.25) is 0 Å². The predicted octanol–water partition coefficient (Wildman–Crippen LogP) is 9.24. The van der Waals surface area contributed by atoms with Crippen molar-refractivity contribution in [1.82, 2.24) is 10.2 Å². The number of benzene rings is 2. The molecule has 0 amide bonds. The molecule has 204 valence electrons. The summed E-state index contributed by atoms with van der Waals surface area (Å²) >= 11 is 2.69. The average molecular weight is 574 g/mol. The molecule has 0 saturated carbocycles. The van der Waals surface area contributed by atoms with Gasteiger partial charge in [-0.2, -0.15) is 10.2 Å². The molecule has 2 aromatic carbocycles. The number of aromatic nitrogens is 2. The van der Waals surface area contributed by atoms with Gasteiger partial charge in [-0.15, -0.1) is 30.7 Å². The molecule has 40 heavy (non-hydrogen) atoms. The first-order valence-corrected chi connectivity index (χ1v) is 14.4. The Morgan fingerprint density at radius 2 is 1.48 bits per heavy atom. The summed E-state index contributed by atoms with van der Waals surface area (Å²) in [5.41, 5.74) is 4.67. The van der Waals surface area contributed by atoms with Crippen LogP contribution in [0.25, 0.3) is 0 Å². The number of esters is 1. The number of hydrogen-bond donors (Lipinski definition) is 0. The van der Waals surface area contributed by atoms with Crippen molar-refractivity contribution in [1.29, 1.82) is 0 Å². The molecule has 0 unspecified atom stereocenters. The first kappa shape index (κ1) is 27.3. The summed E-state index contributed by atoms with van der Waals surface area (Å²) in [6, 6.07) is 15.3. The topological polar surface area (TPSA) is 129 Å². The summed E-state index contributed by atoms with van der Waals surface area (Å²) in [6.07, 6.45) is 2.50. The lowest BCUT2D eigenvalue weighted by Gasteiger charge is -2.13. The molecule has 1 fully saturated rings. The monoisotopic (exact) mass is 573 g/mol. The smallest absolute Gasteiger partial charge is 0.369 e. The van der Waals surface area contributed by atoms with Crippen LogP contribution in [0.2, 0.25) is 0 Å². The Balaban J connectivity index is 1.20. The third kappa shape index (κ3) is 6.85. The maximum atomic E-state index is 11.7. The second-order valence-corrected chi connectivity index (χ2v) is 11.0. The van der Waals surface area contributed by atoms with Crippen molar-refractivity contribution in [2.75, 3.05) is 24.6 Å². The van der Waals surface area contributed by atoms with Crippen molar-refractivity contribution in [2.45, 2.75) is 33.6 Å². The highest BCUT2D eigenvalue weighted by Gasteiger charge is 2.15. The minimum Gasteiger partial charge on any atom is -0.461 e. The van der Waals surface area contributed by atoms with Crippen LogP contribution in [-0.4, -0.2) is 35.9 Å². The number of anilines is 1. The van der Waals surface area contributed by atoms with Crippen LogP contribution in [0, 0.1) is 13.8 Å². The zero-order chi connectivity index (χ0) is 27.9. The lowest BCUT2D eigenvalue weighted by Crippen LogP contribution is -2.15. The van der Waals surface area contributed by atoms with Gasteiger partial charge < -0.3 is 9.64 Å². The summed E-state index contributed by atoms with van der Waals surface area (Å²) in [5.74, 6) is -0.522. The van der Waals surface area contributed by atoms with Gasteiger partial charge in [-0.25, -0.2) is 4.79 Å². The minimum absolute atomic E-state index is 0.142. The Hall–Kier alpha value is -4.23. The molecular weight excluding hydrogens is 546 g/mol. The number of ether oxygens (including phenoxy) is 1. The molecule has 3 heterocycles. The molecule has 0 spiro atoms. The molecule has 1 saturated heterocycles. The van der Waals surface area contributed by atoms with Gasteiger partial charge in [-0.05, 0) is 93.3 Å². The number of nitrogens with zero attached hydrogens (tertiary/aromatic N) is 9. The van der Waals surface area contributed by atoms with Crippen molar-refractivity contribution in [3.63, 3.8) is 0 Å². The van der Waals surface area contributed by atoms with Gasteiger partial charge in [0.15, 0.2) is 0 Å². The number of aryl methyl sites for hydroxylation is 2. The van der Waals surface area contributed by atoms with Gasteiger partial charge in [0, 0.05) is 13.1 Å². The standard InChI is InChI=1S/C27H27N9O2S2/c1-4-38-26(37)25-33-35-27(40-25)34-31-22-10-7-19(15-18(22)3)28-30-21-9-8-20(16-17(21)2)29-32-23-11-12-24(39-23)36-13-5-6-14-36/h7-12,15-16H,4-6,13-14H2,1-3H3. The first-order valence-electron chi connectivity index (χ1n) is 12.8. The van der Waals surface area contributed by atoms with Gasteiger partial charge >= 0.3 is 5.97 Å². The van der Waals surface area contributed by atoms with Gasteiger partial charge in [0.2, 0.25) is 5.01 Å². The highest BCUT2D eigenvalue weighted by Crippen LogP contribution is 2.35. The largest absolute Gasteiger partial charge is 0.461 e. The first-order chi connectivity index (χ1) is 19.5. The molecule has 11 nitrogen and oxygen atoms in total. The van der Waals surface area contributed by atoms with Crippen LogP contribution < -0.4 is 4.90 Å². The lowest BCUT2D eigenvalue weighted by molar-refractivity contribution is 0.0525. The van der Waals surface area contributed by atoms with E-state index in [1.807, 2.05) is 50.2 Å². The molecule has 4 aromatic rings. The number of carbonyl (C=O) groups is 1. The number of rotatable bonds is 9. The fraction of sp³-hybridized carbons (Fsp3) is 0.296. The van der Waals surface area contributed by atoms with E-state index in [0.29, 0.717) is 11.4 Å². The Morgan fingerprint density at radius 3 is 2.12 bits per heavy atom. The lowest BCUT2D eigenvalue weighted by atomic mass is 10.2. The number of azo groups is 3. The van der Waals surface area contributed by atoms with E-state index >= 15 is 0 Å². The van der Waals surface area contributed by atoms with E-state index in [0.717, 1.165) is 51.9 Å². The van der Waals surface area contributed by atoms with E-state index in [4.69, 9.17) is 4.74 Å². The number of hydrogen-bond acceptors (Lipinski definition) is 13. The van der Waals surface area contributed by atoms with E-state index in [2.05, 4.69) is 51.8 Å². The van der Waals surface area contributed by atoms with Crippen LogP contribution in [0.15, 0.2) is 79.2 Å². The normalized spacial score (nSPS) is 13.8. The number of thiophene rings is 1. The van der Waals surface area contributed by atoms with E-state index in [9.17, 15) is 4.79 Å². The molecule has 0 aliphatic carbocycles. The third-order valence-corrected chi connectivity index (χ3v) is 7.82. The van der Waals surface area contributed by atoms with E-state index in [1.54, 1.807) is 24.3 Å². The molecule has 0 bridgehead atoms. The van der Waals surface area contributed by atoms with Crippen LogP contribution in [-0.2, 0) is 4.74 Å². The van der Waals surface area contributed by atoms with Crippen LogP contribution in [0.4, 0.5) is 37.9 Å². The Morgan fingerprint density at radius 1 is 0.825 bits per heavy atom. The van der Waals surface area contributed by atoms with Crippen LogP contribution >= 0.6 is 22.7 Å². The van der Waals surface area contributed by atoms with Crippen molar-refractivity contribution in [2.24, 2.45) is 30.7 Å². The fourth-order valence-corrected chi connectivity index (χ4v) is 5.39. The van der Waals surface area contributed by atoms with Gasteiger partial charge in [-0.1, -0.05) is 22.7 Å². The molecule has 0 N–H and O–H groups in total. The Kier molecular flexibility index (Phi) is 8.71. The maximum absolute atomic E-state index is 11.7. The zero-order valence-electron chi connectivity index (χ0n) is 22.3. The average Bonchev–Trinajstić information content (AvgIpc) is 3.73. The molecule has 2 aromatic heterocycles. The van der Waals surface area contributed by atoms with Gasteiger partial charge in [0.05, 0.1) is 34.4 Å². The van der Waals surface area contributed by atoms with E-state index < -0.39 is 5.97 Å². The summed E-state index contributed by atoms with van der Waals surface area (Å²) in [4.78, 5) is 14.1. The molecular formula is C27H27N9O2S2. The van der Waals surface area contributed by atoms with Crippen molar-refractivity contribution < 1.29 is 9.53 Å². The van der Waals surface area contributed by atoms with Crippen molar-refractivity contribution in [3.8, 4) is 0 Å². The highest BCUT2D eigenvalue weighted by molar-refractivity contribution is 7.19. The summed E-state index contributed by atoms with van der Waals surface area (Å²) < 4.78 is 4.91. The van der Waals surface area contributed by atoms with E-state index in [-0.39, 0.29) is 16.7 Å². The highest BCUT2D eigenvalue weighted by atomic mass is 32.1. The van der Waals surface area contributed by atoms with Crippen LogP contribution in [0.5, 0.6) is 0 Å². The summed E-state index contributed by atoms with van der Waals surface area (Å²) in [7, 11) is 0. The van der Waals surface area contributed by atoms with Gasteiger partial charge in [0.25, 0.3) is 5.13 Å².